The molecule has 2 aliphatic heterocycles. The summed E-state index contributed by atoms with van der Waals surface area (Å²) >= 11 is 0. The largest absolute Gasteiger partial charge is 0.444 e. The van der Waals surface area contributed by atoms with Gasteiger partial charge < -0.3 is 23.7 Å². The van der Waals surface area contributed by atoms with Crippen molar-refractivity contribution in [2.75, 3.05) is 27.9 Å². The molecule has 0 spiro atoms. The lowest BCUT2D eigenvalue weighted by Crippen LogP contribution is -2.64. The van der Waals surface area contributed by atoms with Gasteiger partial charge in [0.25, 0.3) is 0 Å². The number of ether oxygens (including phenoxy) is 5. The number of likely N-dealkylation sites (tertiary alicyclic amines) is 1. The fraction of sp³-hybridized carbons (Fsp3) is 0.611. The third-order valence-electron chi connectivity index (χ3n) is 5.03. The van der Waals surface area contributed by atoms with Crippen molar-refractivity contribution in [2.24, 2.45) is 0 Å². The number of amides is 1. The number of benzene rings is 1. The molecule has 2 bridgehead atoms. The fourth-order valence-electron chi connectivity index (χ4n) is 3.80. The average Bonchev–Trinajstić information content (AvgIpc) is 2.94. The van der Waals surface area contributed by atoms with E-state index in [1.807, 2.05) is 37.3 Å². The van der Waals surface area contributed by atoms with Gasteiger partial charge in [0.15, 0.2) is 5.72 Å². The number of carbonyl (C=O) groups is 1. The van der Waals surface area contributed by atoms with E-state index >= 15 is 0 Å². The molecule has 0 saturated carbocycles. The number of hydrogen-bond acceptors (Lipinski definition) is 6. The van der Waals surface area contributed by atoms with Crippen LogP contribution in [0.2, 0.25) is 0 Å². The fourth-order valence-corrected chi connectivity index (χ4v) is 3.80. The molecule has 3 rings (SSSR count). The second kappa shape index (κ2) is 7.29. The molecule has 1 aromatic carbocycles. The van der Waals surface area contributed by atoms with Gasteiger partial charge in [-0.2, -0.15) is 0 Å². The Morgan fingerprint density at radius 1 is 1.16 bits per heavy atom. The average molecular weight is 351 g/mol. The van der Waals surface area contributed by atoms with E-state index in [1.165, 1.54) is 0 Å². The zero-order valence-corrected chi connectivity index (χ0v) is 15.0. The van der Waals surface area contributed by atoms with E-state index in [0.717, 1.165) is 5.56 Å². The lowest BCUT2D eigenvalue weighted by atomic mass is 9.94. The number of rotatable bonds is 5. The van der Waals surface area contributed by atoms with E-state index in [2.05, 4.69) is 0 Å². The van der Waals surface area contributed by atoms with Crippen LogP contribution in [-0.4, -0.2) is 69.0 Å². The second-order valence-corrected chi connectivity index (χ2v) is 6.42. The van der Waals surface area contributed by atoms with Gasteiger partial charge in [-0.25, -0.2) is 4.79 Å². The van der Waals surface area contributed by atoms with Crippen LogP contribution in [0, 0.1) is 0 Å². The molecule has 2 heterocycles. The van der Waals surface area contributed by atoms with Crippen LogP contribution in [-0.2, 0) is 30.3 Å². The Morgan fingerprint density at radius 2 is 1.84 bits per heavy atom. The first-order chi connectivity index (χ1) is 12.0. The first-order valence-electron chi connectivity index (χ1n) is 8.29. The number of hydrogen-bond donors (Lipinski definition) is 0. The van der Waals surface area contributed by atoms with Crippen molar-refractivity contribution in [1.82, 2.24) is 4.90 Å². The lowest BCUT2D eigenvalue weighted by molar-refractivity contribution is -0.268. The van der Waals surface area contributed by atoms with Crippen molar-refractivity contribution in [3.8, 4) is 0 Å². The summed E-state index contributed by atoms with van der Waals surface area (Å²) < 4.78 is 28.4. The van der Waals surface area contributed by atoms with E-state index in [4.69, 9.17) is 23.7 Å². The van der Waals surface area contributed by atoms with Gasteiger partial charge in [-0.3, -0.25) is 4.90 Å². The molecule has 2 saturated heterocycles. The summed E-state index contributed by atoms with van der Waals surface area (Å²) in [6.45, 7) is 2.39. The molecule has 1 aromatic rings. The van der Waals surface area contributed by atoms with Crippen molar-refractivity contribution in [2.45, 2.75) is 43.7 Å². The smallest absolute Gasteiger partial charge is 0.412 e. The van der Waals surface area contributed by atoms with Crippen molar-refractivity contribution in [3.63, 3.8) is 0 Å². The van der Waals surface area contributed by atoms with Crippen LogP contribution >= 0.6 is 0 Å². The summed E-state index contributed by atoms with van der Waals surface area (Å²) in [5.74, 6) is 0. The Hall–Kier alpha value is -1.67. The van der Waals surface area contributed by atoms with Crippen LogP contribution in [0.25, 0.3) is 0 Å². The summed E-state index contributed by atoms with van der Waals surface area (Å²) in [5.41, 5.74) is -0.0416. The van der Waals surface area contributed by atoms with Gasteiger partial charge in [-0.1, -0.05) is 30.3 Å². The second-order valence-electron chi connectivity index (χ2n) is 6.42. The van der Waals surface area contributed by atoms with Crippen molar-refractivity contribution >= 4 is 6.09 Å². The molecule has 5 atom stereocenters. The van der Waals surface area contributed by atoms with Gasteiger partial charge >= 0.3 is 6.09 Å². The molecule has 25 heavy (non-hydrogen) atoms. The minimum absolute atomic E-state index is 0.204. The highest BCUT2D eigenvalue weighted by Gasteiger charge is 2.63. The molecule has 0 unspecified atom stereocenters. The molecule has 0 N–H and O–H groups in total. The van der Waals surface area contributed by atoms with Crippen LogP contribution in [0.4, 0.5) is 4.79 Å². The topological polar surface area (TPSA) is 66.5 Å². The van der Waals surface area contributed by atoms with Crippen LogP contribution < -0.4 is 0 Å². The molecule has 2 aliphatic rings. The molecular weight excluding hydrogens is 326 g/mol. The van der Waals surface area contributed by atoms with E-state index in [9.17, 15) is 4.79 Å². The summed E-state index contributed by atoms with van der Waals surface area (Å²) in [5, 5.41) is 0. The van der Waals surface area contributed by atoms with Crippen LogP contribution in [0.3, 0.4) is 0 Å². The van der Waals surface area contributed by atoms with Gasteiger partial charge in [0.05, 0.1) is 6.54 Å². The maximum absolute atomic E-state index is 12.7. The van der Waals surface area contributed by atoms with Crippen LogP contribution in [0.15, 0.2) is 30.3 Å². The highest BCUT2D eigenvalue weighted by Crippen LogP contribution is 2.42. The van der Waals surface area contributed by atoms with Gasteiger partial charge in [-0.05, 0) is 12.5 Å². The minimum atomic E-state index is -0.969. The van der Waals surface area contributed by atoms with Crippen molar-refractivity contribution in [3.05, 3.63) is 35.9 Å². The highest BCUT2D eigenvalue weighted by molar-refractivity contribution is 5.69. The lowest BCUT2D eigenvalue weighted by Gasteiger charge is -2.46. The Labute approximate surface area is 147 Å². The predicted molar refractivity (Wildman–Crippen MR) is 89.0 cm³/mol. The van der Waals surface area contributed by atoms with Gasteiger partial charge in [0.2, 0.25) is 0 Å². The third kappa shape index (κ3) is 3.13. The molecular formula is C18H25NO6. The van der Waals surface area contributed by atoms with E-state index in [1.54, 1.807) is 26.2 Å². The normalized spacial score (nSPS) is 34.2. The highest BCUT2D eigenvalue weighted by atomic mass is 16.6. The summed E-state index contributed by atoms with van der Waals surface area (Å²) in [6.07, 6.45) is -1.90. The number of methoxy groups -OCH3 is 3. The predicted octanol–water partition coefficient (Wildman–Crippen LogP) is 1.80. The van der Waals surface area contributed by atoms with Crippen LogP contribution in [0.5, 0.6) is 0 Å². The standard InChI is InChI=1S/C18H25NO6/c1-18-16(23-4)15(22-3)14(21-2)13(25-18)10-19(18)17(20)24-11-12-8-6-5-7-9-12/h5-9,13-16H,10-11H2,1-4H3/t13-,14-,15-,16+,18-/m0/s1. The summed E-state index contributed by atoms with van der Waals surface area (Å²) in [6, 6.07) is 9.55. The maximum atomic E-state index is 12.7. The quantitative estimate of drug-likeness (QED) is 0.806. The number of nitrogens with zero attached hydrogens (tertiary/aromatic N) is 1. The molecule has 1 amide bonds. The minimum Gasteiger partial charge on any atom is -0.444 e. The first kappa shape index (κ1) is 18.1. The maximum Gasteiger partial charge on any atom is 0.412 e. The molecule has 7 heteroatoms. The summed E-state index contributed by atoms with van der Waals surface area (Å²) in [4.78, 5) is 14.3. The zero-order valence-electron chi connectivity index (χ0n) is 15.0. The third-order valence-corrected chi connectivity index (χ3v) is 5.03. The van der Waals surface area contributed by atoms with Crippen molar-refractivity contribution < 1.29 is 28.5 Å². The Balaban J connectivity index is 1.77. The summed E-state index contributed by atoms with van der Waals surface area (Å²) in [7, 11) is 4.78. The number of fused-ring (bicyclic) bond motifs is 2. The van der Waals surface area contributed by atoms with Gasteiger partial charge in [-0.15, -0.1) is 0 Å². The number of carbonyl (C=O) groups excluding carboxylic acids is 1. The molecule has 138 valence electrons. The molecule has 2 fully saturated rings. The molecule has 0 aromatic heterocycles. The Morgan fingerprint density at radius 3 is 2.44 bits per heavy atom. The molecule has 7 nitrogen and oxygen atoms in total. The van der Waals surface area contributed by atoms with E-state index in [-0.39, 0.29) is 24.9 Å². The molecule has 0 aliphatic carbocycles. The Kier molecular flexibility index (Phi) is 5.29. The SMILES string of the molecule is CO[C@@H]1[C@H](OC)[C@@H](OC)[C@]2(C)O[C@H]1CN2C(=O)OCc1ccccc1. The van der Waals surface area contributed by atoms with Gasteiger partial charge in [0.1, 0.15) is 31.0 Å². The zero-order chi connectivity index (χ0) is 18.0. The van der Waals surface area contributed by atoms with Crippen LogP contribution in [0.1, 0.15) is 12.5 Å². The monoisotopic (exact) mass is 351 g/mol. The Bertz CT molecular complexity index is 596. The van der Waals surface area contributed by atoms with Crippen molar-refractivity contribution in [1.29, 1.82) is 0 Å². The van der Waals surface area contributed by atoms with E-state index in [0.29, 0.717) is 6.54 Å². The van der Waals surface area contributed by atoms with E-state index < -0.39 is 17.9 Å². The van der Waals surface area contributed by atoms with Gasteiger partial charge in [0, 0.05) is 21.3 Å². The molecule has 0 radical (unpaired) electrons. The first-order valence-corrected chi connectivity index (χ1v) is 8.29.